The third-order valence-electron chi connectivity index (χ3n) is 3.57. The molecule has 0 spiro atoms. The Bertz CT molecular complexity index is 776. The molecule has 2 aromatic rings. The van der Waals surface area contributed by atoms with Gasteiger partial charge in [0.05, 0.1) is 5.69 Å². The summed E-state index contributed by atoms with van der Waals surface area (Å²) in [5.74, 6) is -0.372. The van der Waals surface area contributed by atoms with Crippen LogP contribution < -0.4 is 10.1 Å². The van der Waals surface area contributed by atoms with Crippen LogP contribution in [-0.2, 0) is 11.3 Å². The number of ether oxygens (including phenoxy) is 1. The Balaban J connectivity index is 1.77. The molecule has 0 aliphatic carbocycles. The molecule has 0 fully saturated rings. The van der Waals surface area contributed by atoms with Gasteiger partial charge in [0, 0.05) is 24.7 Å². The van der Waals surface area contributed by atoms with Crippen molar-refractivity contribution in [2.45, 2.75) is 6.54 Å². The number of carbonyl (C=O) groups excluding carboxylic acids is 2. The summed E-state index contributed by atoms with van der Waals surface area (Å²) >= 11 is 0. The Kier molecular flexibility index (Phi) is 3.97. The summed E-state index contributed by atoms with van der Waals surface area (Å²) in [5, 5.41) is 2.66. The first-order valence-electron chi connectivity index (χ1n) is 7.10. The van der Waals surface area contributed by atoms with Crippen molar-refractivity contribution in [3.05, 3.63) is 59.4 Å². The number of halogens is 1. The van der Waals surface area contributed by atoms with E-state index in [2.05, 4.69) is 5.32 Å². The molecular formula is C17H15FN2O3. The van der Waals surface area contributed by atoms with Gasteiger partial charge < -0.3 is 15.0 Å². The second-order valence-electron chi connectivity index (χ2n) is 5.30. The Hall–Kier alpha value is -2.89. The number of benzene rings is 2. The number of nitrogens with one attached hydrogen (secondary N) is 1. The van der Waals surface area contributed by atoms with E-state index in [0.717, 1.165) is 0 Å². The molecule has 5 nitrogen and oxygen atoms in total. The minimum absolute atomic E-state index is 0.0737. The molecule has 2 amide bonds. The number of carbonyl (C=O) groups is 2. The maximum absolute atomic E-state index is 13.7. The average Bonchev–Trinajstić information content (AvgIpc) is 2.55. The third kappa shape index (κ3) is 3.15. The molecule has 0 atom stereocenters. The van der Waals surface area contributed by atoms with E-state index in [0.29, 0.717) is 22.6 Å². The normalized spacial score (nSPS) is 12.9. The Morgan fingerprint density at radius 2 is 2.09 bits per heavy atom. The molecule has 3 rings (SSSR count). The van der Waals surface area contributed by atoms with Crippen molar-refractivity contribution in [2.75, 3.05) is 19.0 Å². The van der Waals surface area contributed by atoms with Gasteiger partial charge in [-0.3, -0.25) is 9.59 Å². The van der Waals surface area contributed by atoms with E-state index >= 15 is 0 Å². The van der Waals surface area contributed by atoms with Crippen LogP contribution in [0.3, 0.4) is 0 Å². The zero-order chi connectivity index (χ0) is 16.4. The van der Waals surface area contributed by atoms with Crippen LogP contribution in [0.5, 0.6) is 5.75 Å². The standard InChI is InChI=1S/C17H15FN2O3/c1-20(9-12-4-2-3-5-13(12)18)17(22)11-6-7-14-15(8-11)23-10-16(21)19-14/h2-8H,9-10H2,1H3,(H,19,21). The van der Waals surface area contributed by atoms with Gasteiger partial charge in [0.25, 0.3) is 11.8 Å². The van der Waals surface area contributed by atoms with Crippen molar-refractivity contribution in [1.82, 2.24) is 4.90 Å². The van der Waals surface area contributed by atoms with Crippen LogP contribution in [0.15, 0.2) is 42.5 Å². The van der Waals surface area contributed by atoms with Gasteiger partial charge in [-0.05, 0) is 24.3 Å². The minimum Gasteiger partial charge on any atom is -0.482 e. The molecule has 0 bridgehead atoms. The lowest BCUT2D eigenvalue weighted by atomic mass is 10.1. The van der Waals surface area contributed by atoms with E-state index in [4.69, 9.17) is 4.74 Å². The van der Waals surface area contributed by atoms with E-state index in [1.54, 1.807) is 43.4 Å². The van der Waals surface area contributed by atoms with Gasteiger partial charge in [-0.15, -0.1) is 0 Å². The molecule has 6 heteroatoms. The van der Waals surface area contributed by atoms with E-state index in [9.17, 15) is 14.0 Å². The highest BCUT2D eigenvalue weighted by atomic mass is 19.1. The number of fused-ring (bicyclic) bond motifs is 1. The fraction of sp³-hybridized carbons (Fsp3) is 0.176. The monoisotopic (exact) mass is 314 g/mol. The smallest absolute Gasteiger partial charge is 0.262 e. The fourth-order valence-corrected chi connectivity index (χ4v) is 2.38. The number of rotatable bonds is 3. The summed E-state index contributed by atoms with van der Waals surface area (Å²) in [6.45, 7) is 0.0931. The number of nitrogens with zero attached hydrogens (tertiary/aromatic N) is 1. The van der Waals surface area contributed by atoms with Crippen LogP contribution >= 0.6 is 0 Å². The first kappa shape index (κ1) is 15.0. The first-order valence-corrected chi connectivity index (χ1v) is 7.10. The largest absolute Gasteiger partial charge is 0.482 e. The average molecular weight is 314 g/mol. The number of anilines is 1. The van der Waals surface area contributed by atoms with Crippen LogP contribution in [0, 0.1) is 5.82 Å². The maximum atomic E-state index is 13.7. The van der Waals surface area contributed by atoms with E-state index in [1.807, 2.05) is 0 Å². The predicted molar refractivity (Wildman–Crippen MR) is 82.8 cm³/mol. The van der Waals surface area contributed by atoms with Crippen molar-refractivity contribution in [3.63, 3.8) is 0 Å². The summed E-state index contributed by atoms with van der Waals surface area (Å²) in [4.78, 5) is 25.1. The third-order valence-corrected chi connectivity index (χ3v) is 3.57. The molecule has 1 aliphatic heterocycles. The highest BCUT2D eigenvalue weighted by molar-refractivity contribution is 5.98. The van der Waals surface area contributed by atoms with Gasteiger partial charge in [0.2, 0.25) is 0 Å². The van der Waals surface area contributed by atoms with E-state index in [-0.39, 0.29) is 30.8 Å². The predicted octanol–water partition coefficient (Wildman–Crippen LogP) is 2.43. The number of hydrogen-bond acceptors (Lipinski definition) is 3. The summed E-state index contributed by atoms with van der Waals surface area (Å²) in [5.41, 5.74) is 1.40. The van der Waals surface area contributed by atoms with Crippen molar-refractivity contribution in [2.24, 2.45) is 0 Å². The van der Waals surface area contributed by atoms with Crippen molar-refractivity contribution in [1.29, 1.82) is 0 Å². The fourth-order valence-electron chi connectivity index (χ4n) is 2.38. The van der Waals surface area contributed by atoms with Gasteiger partial charge in [0.1, 0.15) is 11.6 Å². The topological polar surface area (TPSA) is 58.6 Å². The number of amides is 2. The Morgan fingerprint density at radius 3 is 2.87 bits per heavy atom. The SMILES string of the molecule is CN(Cc1ccccc1F)C(=O)c1ccc2c(c1)OCC(=O)N2. The molecule has 1 N–H and O–H groups in total. The first-order chi connectivity index (χ1) is 11.0. The quantitative estimate of drug-likeness (QED) is 0.946. The molecule has 118 valence electrons. The summed E-state index contributed by atoms with van der Waals surface area (Å²) < 4.78 is 19.0. The second kappa shape index (κ2) is 6.08. The van der Waals surface area contributed by atoms with Crippen LogP contribution in [0.2, 0.25) is 0 Å². The molecule has 1 aliphatic rings. The summed E-state index contributed by atoms with van der Waals surface area (Å²) in [6, 6.07) is 11.1. The molecule has 23 heavy (non-hydrogen) atoms. The molecule has 0 saturated heterocycles. The summed E-state index contributed by atoms with van der Waals surface area (Å²) in [7, 11) is 1.61. The van der Waals surface area contributed by atoms with Crippen molar-refractivity contribution < 1.29 is 18.7 Å². The number of hydrogen-bond donors (Lipinski definition) is 1. The van der Waals surface area contributed by atoms with Gasteiger partial charge in [0.15, 0.2) is 6.61 Å². The lowest BCUT2D eigenvalue weighted by Crippen LogP contribution is -2.28. The van der Waals surface area contributed by atoms with Crippen LogP contribution in [-0.4, -0.2) is 30.4 Å². The lowest BCUT2D eigenvalue weighted by Gasteiger charge is -2.21. The van der Waals surface area contributed by atoms with Crippen LogP contribution in [0.1, 0.15) is 15.9 Å². The zero-order valence-electron chi connectivity index (χ0n) is 12.5. The molecule has 0 unspecified atom stereocenters. The second-order valence-corrected chi connectivity index (χ2v) is 5.30. The van der Waals surface area contributed by atoms with Gasteiger partial charge in [-0.25, -0.2) is 4.39 Å². The lowest BCUT2D eigenvalue weighted by molar-refractivity contribution is -0.118. The molecule has 1 heterocycles. The highest BCUT2D eigenvalue weighted by Crippen LogP contribution is 2.29. The molecule has 0 aromatic heterocycles. The van der Waals surface area contributed by atoms with Gasteiger partial charge >= 0.3 is 0 Å². The minimum atomic E-state index is -0.344. The van der Waals surface area contributed by atoms with Crippen molar-refractivity contribution in [3.8, 4) is 5.75 Å². The Labute approximate surface area is 132 Å². The molecular weight excluding hydrogens is 299 g/mol. The zero-order valence-corrected chi connectivity index (χ0v) is 12.5. The van der Waals surface area contributed by atoms with E-state index in [1.165, 1.54) is 11.0 Å². The van der Waals surface area contributed by atoms with Crippen LogP contribution in [0.25, 0.3) is 0 Å². The molecule has 0 saturated carbocycles. The Morgan fingerprint density at radius 1 is 1.30 bits per heavy atom. The maximum Gasteiger partial charge on any atom is 0.262 e. The van der Waals surface area contributed by atoms with E-state index < -0.39 is 0 Å². The molecule has 0 radical (unpaired) electrons. The van der Waals surface area contributed by atoms with Gasteiger partial charge in [-0.1, -0.05) is 18.2 Å². The van der Waals surface area contributed by atoms with Crippen molar-refractivity contribution >= 4 is 17.5 Å². The summed E-state index contributed by atoms with van der Waals surface area (Å²) in [6.07, 6.45) is 0. The molecule has 2 aromatic carbocycles. The van der Waals surface area contributed by atoms with Crippen LogP contribution in [0.4, 0.5) is 10.1 Å². The van der Waals surface area contributed by atoms with Gasteiger partial charge in [-0.2, -0.15) is 0 Å². The highest BCUT2D eigenvalue weighted by Gasteiger charge is 2.19.